The number of halogens is 1. The van der Waals surface area contributed by atoms with Crippen molar-refractivity contribution in [2.75, 3.05) is 0 Å². The second-order valence-electron chi connectivity index (χ2n) is 5.10. The highest BCUT2D eigenvalue weighted by atomic mass is 19.1. The number of carbonyl (C=O) groups excluding carboxylic acids is 1. The predicted molar refractivity (Wildman–Crippen MR) is 73.5 cm³/mol. The maximum atomic E-state index is 13.3. The van der Waals surface area contributed by atoms with E-state index in [9.17, 15) is 9.18 Å². The number of nitrogens with one attached hydrogen (secondary N) is 1. The summed E-state index contributed by atoms with van der Waals surface area (Å²) >= 11 is 0. The molecule has 0 unspecified atom stereocenters. The molecule has 0 aliphatic carbocycles. The zero-order chi connectivity index (χ0) is 14.8. The van der Waals surface area contributed by atoms with Gasteiger partial charge in [-0.2, -0.15) is 0 Å². The molecule has 2 aromatic rings. The minimum absolute atomic E-state index is 0.237. The van der Waals surface area contributed by atoms with Crippen molar-refractivity contribution in [1.29, 1.82) is 0 Å². The highest BCUT2D eigenvalue weighted by Gasteiger charge is 2.24. The monoisotopic (exact) mass is 276 g/mol. The summed E-state index contributed by atoms with van der Waals surface area (Å²) in [5, 5.41) is 2.85. The van der Waals surface area contributed by atoms with Gasteiger partial charge in [0.15, 0.2) is 0 Å². The molecular formula is C15H17FN2O2. The number of hydrogen-bond donors (Lipinski definition) is 2. The van der Waals surface area contributed by atoms with Gasteiger partial charge in [0, 0.05) is 0 Å². The lowest BCUT2D eigenvalue weighted by Crippen LogP contribution is -2.40. The number of carbonyl (C=O) groups is 1. The molecule has 1 heterocycles. The third-order valence-electron chi connectivity index (χ3n) is 3.09. The largest absolute Gasteiger partial charge is 0.467 e. The van der Waals surface area contributed by atoms with E-state index in [1.165, 1.54) is 18.4 Å². The summed E-state index contributed by atoms with van der Waals surface area (Å²) in [4.78, 5) is 12.1. The predicted octanol–water partition coefficient (Wildman–Crippen LogP) is 2.54. The fourth-order valence-corrected chi connectivity index (χ4v) is 1.91. The van der Waals surface area contributed by atoms with Crippen LogP contribution in [0.4, 0.5) is 4.39 Å². The Morgan fingerprint density at radius 1 is 1.40 bits per heavy atom. The quantitative estimate of drug-likeness (QED) is 0.901. The van der Waals surface area contributed by atoms with E-state index in [1.807, 2.05) is 13.8 Å². The van der Waals surface area contributed by atoms with Crippen LogP contribution < -0.4 is 11.1 Å². The molecule has 1 aromatic heterocycles. The Labute approximate surface area is 116 Å². The lowest BCUT2D eigenvalue weighted by atomic mass is 9.94. The van der Waals surface area contributed by atoms with Gasteiger partial charge in [-0.05, 0) is 37.6 Å². The van der Waals surface area contributed by atoms with Crippen LogP contribution in [0, 0.1) is 5.82 Å². The Kier molecular flexibility index (Phi) is 3.90. The molecule has 5 heteroatoms. The van der Waals surface area contributed by atoms with Gasteiger partial charge < -0.3 is 15.5 Å². The maximum absolute atomic E-state index is 13.3. The molecule has 3 N–H and O–H groups in total. The second kappa shape index (κ2) is 5.46. The molecule has 106 valence electrons. The van der Waals surface area contributed by atoms with Crippen LogP contribution in [0.15, 0.2) is 41.0 Å². The minimum atomic E-state index is -0.695. The number of benzene rings is 1. The first-order chi connectivity index (χ1) is 9.42. The average molecular weight is 276 g/mol. The smallest absolute Gasteiger partial charge is 0.255 e. The molecule has 20 heavy (non-hydrogen) atoms. The summed E-state index contributed by atoms with van der Waals surface area (Å²) < 4.78 is 18.4. The first kappa shape index (κ1) is 14.3. The fourth-order valence-electron chi connectivity index (χ4n) is 1.91. The molecule has 0 saturated carbocycles. The normalized spacial score (nSPS) is 11.4. The van der Waals surface area contributed by atoms with Crippen molar-refractivity contribution in [3.05, 3.63) is 59.3 Å². The van der Waals surface area contributed by atoms with Crippen molar-refractivity contribution >= 4 is 5.91 Å². The van der Waals surface area contributed by atoms with Crippen molar-refractivity contribution in [3.8, 4) is 0 Å². The third-order valence-corrected chi connectivity index (χ3v) is 3.09. The zero-order valence-corrected chi connectivity index (χ0v) is 11.4. The molecular weight excluding hydrogens is 259 g/mol. The van der Waals surface area contributed by atoms with Gasteiger partial charge in [-0.15, -0.1) is 0 Å². The van der Waals surface area contributed by atoms with Crippen LogP contribution in [0.25, 0.3) is 0 Å². The van der Waals surface area contributed by atoms with Gasteiger partial charge in [0.25, 0.3) is 5.91 Å². The van der Waals surface area contributed by atoms with Gasteiger partial charge in [0.05, 0.1) is 17.6 Å². The van der Waals surface area contributed by atoms with E-state index < -0.39 is 5.54 Å². The average Bonchev–Trinajstić information content (AvgIpc) is 2.87. The molecule has 0 atom stereocenters. The number of furan rings is 1. The van der Waals surface area contributed by atoms with Crippen LogP contribution in [0.5, 0.6) is 0 Å². The van der Waals surface area contributed by atoms with Crippen molar-refractivity contribution in [1.82, 2.24) is 5.32 Å². The van der Waals surface area contributed by atoms with Crippen molar-refractivity contribution in [3.63, 3.8) is 0 Å². The lowest BCUT2D eigenvalue weighted by Gasteiger charge is -2.26. The summed E-state index contributed by atoms with van der Waals surface area (Å²) in [6, 6.07) is 7.75. The Hall–Kier alpha value is -2.14. The van der Waals surface area contributed by atoms with Gasteiger partial charge in [-0.3, -0.25) is 4.79 Å². The molecule has 0 saturated heterocycles. The van der Waals surface area contributed by atoms with Crippen LogP contribution in [0.2, 0.25) is 0 Å². The Morgan fingerprint density at radius 2 is 2.15 bits per heavy atom. The van der Waals surface area contributed by atoms with Crippen molar-refractivity contribution < 1.29 is 13.6 Å². The van der Waals surface area contributed by atoms with Gasteiger partial charge in [0.1, 0.15) is 17.8 Å². The van der Waals surface area contributed by atoms with Gasteiger partial charge in [-0.1, -0.05) is 12.1 Å². The number of amides is 1. The van der Waals surface area contributed by atoms with Crippen molar-refractivity contribution in [2.24, 2.45) is 5.73 Å². The number of hydrogen-bond acceptors (Lipinski definition) is 3. The van der Waals surface area contributed by atoms with Crippen LogP contribution in [-0.4, -0.2) is 5.91 Å². The highest BCUT2D eigenvalue weighted by Crippen LogP contribution is 2.21. The van der Waals surface area contributed by atoms with Crippen molar-refractivity contribution in [2.45, 2.75) is 25.9 Å². The van der Waals surface area contributed by atoms with E-state index in [2.05, 4.69) is 5.32 Å². The van der Waals surface area contributed by atoms with Gasteiger partial charge in [0.2, 0.25) is 0 Å². The van der Waals surface area contributed by atoms with Crippen LogP contribution in [-0.2, 0) is 12.1 Å². The van der Waals surface area contributed by atoms with E-state index in [1.54, 1.807) is 18.2 Å². The molecule has 0 radical (unpaired) electrons. The molecule has 0 bridgehead atoms. The summed E-state index contributed by atoms with van der Waals surface area (Å²) in [6.07, 6.45) is 1.36. The molecule has 0 spiro atoms. The van der Waals surface area contributed by atoms with E-state index in [4.69, 9.17) is 10.2 Å². The minimum Gasteiger partial charge on any atom is -0.467 e. The first-order valence-corrected chi connectivity index (χ1v) is 6.28. The summed E-state index contributed by atoms with van der Waals surface area (Å²) in [5.41, 5.74) is 5.82. The van der Waals surface area contributed by atoms with E-state index in [0.717, 1.165) is 0 Å². The third kappa shape index (κ3) is 3.05. The Morgan fingerprint density at radius 3 is 2.75 bits per heavy atom. The SMILES string of the molecule is CC(C)(NC(=O)c1coc(CN)c1)c1cccc(F)c1. The zero-order valence-electron chi connectivity index (χ0n) is 11.4. The van der Waals surface area contributed by atoms with Gasteiger partial charge >= 0.3 is 0 Å². The topological polar surface area (TPSA) is 68.3 Å². The molecule has 4 nitrogen and oxygen atoms in total. The molecule has 1 amide bonds. The summed E-state index contributed by atoms with van der Waals surface area (Å²) in [5.74, 6) is -0.0834. The van der Waals surface area contributed by atoms with E-state index in [-0.39, 0.29) is 18.3 Å². The standard InChI is InChI=1S/C15H17FN2O2/c1-15(2,11-4-3-5-12(16)7-11)18-14(19)10-6-13(8-17)20-9-10/h3-7,9H,8,17H2,1-2H3,(H,18,19). The summed E-state index contributed by atoms with van der Waals surface area (Å²) in [6.45, 7) is 3.85. The number of rotatable bonds is 4. The van der Waals surface area contributed by atoms with Crippen LogP contribution in [0.3, 0.4) is 0 Å². The molecule has 2 rings (SSSR count). The second-order valence-corrected chi connectivity index (χ2v) is 5.10. The van der Waals surface area contributed by atoms with E-state index in [0.29, 0.717) is 16.9 Å². The fraction of sp³-hybridized carbons (Fsp3) is 0.267. The maximum Gasteiger partial charge on any atom is 0.255 e. The number of nitrogens with two attached hydrogens (primary N) is 1. The summed E-state index contributed by atoms with van der Waals surface area (Å²) in [7, 11) is 0. The van der Waals surface area contributed by atoms with Crippen LogP contribution >= 0.6 is 0 Å². The van der Waals surface area contributed by atoms with Gasteiger partial charge in [-0.25, -0.2) is 4.39 Å². The lowest BCUT2D eigenvalue weighted by molar-refractivity contribution is 0.0911. The Bertz CT molecular complexity index is 620. The molecule has 1 aromatic carbocycles. The van der Waals surface area contributed by atoms with Crippen LogP contribution in [0.1, 0.15) is 35.5 Å². The Balaban J connectivity index is 2.17. The molecule has 0 aliphatic rings. The molecule has 0 aliphatic heterocycles. The van der Waals surface area contributed by atoms with E-state index >= 15 is 0 Å². The highest BCUT2D eigenvalue weighted by molar-refractivity contribution is 5.94. The first-order valence-electron chi connectivity index (χ1n) is 6.28. The molecule has 0 fully saturated rings.